The standard InChI is InChI=1S/C19H32N3O6P/c1-3-27-29(24,28-4-2)14-10-16(15-26-18-7-5-6-13-25-18)8-11-22-12-9-17(20)21-19(22)23/h9-10,12,14,16,18H,3-8,11,13,15H2,1-2H3,(H2,20,21,23)/t16-,18+/m1/s1. The molecule has 0 unspecified atom stereocenters. The molecule has 2 heterocycles. The molecule has 1 aromatic heterocycles. The van der Waals surface area contributed by atoms with Gasteiger partial charge in [0.1, 0.15) is 5.82 Å². The van der Waals surface area contributed by atoms with E-state index >= 15 is 0 Å². The van der Waals surface area contributed by atoms with E-state index in [0.717, 1.165) is 19.3 Å². The molecule has 2 N–H and O–H groups in total. The van der Waals surface area contributed by atoms with Crippen molar-refractivity contribution < 1.29 is 23.1 Å². The second-order valence-corrected chi connectivity index (χ2v) is 8.62. The summed E-state index contributed by atoms with van der Waals surface area (Å²) in [5, 5.41) is 0. The summed E-state index contributed by atoms with van der Waals surface area (Å²) < 4.78 is 36.3. The second kappa shape index (κ2) is 12.2. The fourth-order valence-corrected chi connectivity index (χ4v) is 4.36. The minimum absolute atomic E-state index is 0.112. The van der Waals surface area contributed by atoms with Gasteiger partial charge in [0.25, 0.3) is 0 Å². The summed E-state index contributed by atoms with van der Waals surface area (Å²) in [5.41, 5.74) is 5.13. The fourth-order valence-electron chi connectivity index (χ4n) is 2.94. The zero-order chi connectivity index (χ0) is 21.1. The molecule has 0 radical (unpaired) electrons. The molecule has 0 bridgehead atoms. The van der Waals surface area contributed by atoms with E-state index in [9.17, 15) is 9.36 Å². The van der Waals surface area contributed by atoms with Crippen molar-refractivity contribution in [3.8, 4) is 0 Å². The average molecular weight is 429 g/mol. The van der Waals surface area contributed by atoms with Crippen LogP contribution in [0.2, 0.25) is 0 Å². The number of anilines is 1. The van der Waals surface area contributed by atoms with Crippen LogP contribution in [0.5, 0.6) is 0 Å². The molecule has 10 heteroatoms. The molecular formula is C19H32N3O6P. The van der Waals surface area contributed by atoms with Gasteiger partial charge in [0, 0.05) is 31.1 Å². The molecule has 29 heavy (non-hydrogen) atoms. The van der Waals surface area contributed by atoms with Gasteiger partial charge < -0.3 is 24.3 Å². The van der Waals surface area contributed by atoms with Crippen LogP contribution in [0.4, 0.5) is 5.82 Å². The number of nitrogens with zero attached hydrogens (tertiary/aromatic N) is 2. The molecule has 0 spiro atoms. The zero-order valence-corrected chi connectivity index (χ0v) is 18.1. The Hall–Kier alpha value is -1.51. The maximum atomic E-state index is 12.7. The third kappa shape index (κ3) is 8.40. The molecule has 1 fully saturated rings. The van der Waals surface area contributed by atoms with Crippen LogP contribution < -0.4 is 11.4 Å². The van der Waals surface area contributed by atoms with Crippen LogP contribution in [-0.4, -0.2) is 42.3 Å². The first-order chi connectivity index (χ1) is 14.0. The van der Waals surface area contributed by atoms with Gasteiger partial charge in [-0.05, 0) is 45.6 Å². The first-order valence-corrected chi connectivity index (χ1v) is 11.7. The molecule has 1 saturated heterocycles. The first kappa shape index (κ1) is 23.8. The van der Waals surface area contributed by atoms with Crippen molar-refractivity contribution in [1.82, 2.24) is 9.55 Å². The summed E-state index contributed by atoms with van der Waals surface area (Å²) >= 11 is 0. The maximum absolute atomic E-state index is 12.7. The van der Waals surface area contributed by atoms with E-state index in [-0.39, 0.29) is 31.2 Å². The Morgan fingerprint density at radius 3 is 2.76 bits per heavy atom. The van der Waals surface area contributed by atoms with Crippen molar-refractivity contribution in [2.75, 3.05) is 32.2 Å². The zero-order valence-electron chi connectivity index (χ0n) is 17.2. The highest BCUT2D eigenvalue weighted by Crippen LogP contribution is 2.49. The topological polar surface area (TPSA) is 115 Å². The lowest BCUT2D eigenvalue weighted by atomic mass is 10.1. The monoisotopic (exact) mass is 429 g/mol. The van der Waals surface area contributed by atoms with Crippen molar-refractivity contribution in [2.24, 2.45) is 5.92 Å². The van der Waals surface area contributed by atoms with Gasteiger partial charge in [-0.25, -0.2) is 4.79 Å². The summed E-state index contributed by atoms with van der Waals surface area (Å²) in [6.07, 6.45) is 6.71. The minimum Gasteiger partial charge on any atom is -0.383 e. The van der Waals surface area contributed by atoms with Gasteiger partial charge in [-0.1, -0.05) is 6.08 Å². The van der Waals surface area contributed by atoms with E-state index in [2.05, 4.69) is 4.98 Å². The molecule has 164 valence electrons. The average Bonchev–Trinajstić information content (AvgIpc) is 2.70. The SMILES string of the molecule is CCOP(=O)(C=C[C@@H](CCn1ccc(N)nc1=O)CO[C@H]1CCCCO1)OCC. The predicted octanol–water partition coefficient (Wildman–Crippen LogP) is 3.15. The van der Waals surface area contributed by atoms with Gasteiger partial charge in [-0.3, -0.25) is 9.13 Å². The van der Waals surface area contributed by atoms with Gasteiger partial charge in [0.05, 0.1) is 19.8 Å². The van der Waals surface area contributed by atoms with E-state index in [0.29, 0.717) is 26.2 Å². The number of aryl methyl sites for hydroxylation is 1. The Morgan fingerprint density at radius 2 is 2.14 bits per heavy atom. The molecule has 1 aliphatic rings. The molecule has 1 aliphatic heterocycles. The highest BCUT2D eigenvalue weighted by Gasteiger charge is 2.21. The highest BCUT2D eigenvalue weighted by molar-refractivity contribution is 7.57. The van der Waals surface area contributed by atoms with Crippen molar-refractivity contribution in [1.29, 1.82) is 0 Å². The fraction of sp³-hybridized carbons (Fsp3) is 0.684. The molecule has 0 aliphatic carbocycles. The van der Waals surface area contributed by atoms with Crippen LogP contribution >= 0.6 is 7.60 Å². The molecule has 1 aromatic rings. The van der Waals surface area contributed by atoms with E-state index < -0.39 is 13.3 Å². The Morgan fingerprint density at radius 1 is 1.38 bits per heavy atom. The Bertz CT molecular complexity index is 738. The second-order valence-electron chi connectivity index (χ2n) is 6.72. The van der Waals surface area contributed by atoms with Crippen molar-refractivity contribution in [2.45, 2.75) is 52.4 Å². The minimum atomic E-state index is -3.31. The van der Waals surface area contributed by atoms with Crippen LogP contribution in [-0.2, 0) is 29.6 Å². The number of hydrogen-bond acceptors (Lipinski definition) is 8. The summed E-state index contributed by atoms with van der Waals surface area (Å²) in [5.74, 6) is 1.56. The Balaban J connectivity index is 2.05. The van der Waals surface area contributed by atoms with Crippen LogP contribution in [0.1, 0.15) is 39.5 Å². The summed E-state index contributed by atoms with van der Waals surface area (Å²) in [6, 6.07) is 1.58. The van der Waals surface area contributed by atoms with Crippen LogP contribution in [0.15, 0.2) is 29.0 Å². The molecule has 9 nitrogen and oxygen atoms in total. The first-order valence-electron chi connectivity index (χ1n) is 10.1. The molecule has 2 atom stereocenters. The molecular weight excluding hydrogens is 397 g/mol. The van der Waals surface area contributed by atoms with Gasteiger partial charge in [0.15, 0.2) is 6.29 Å². The lowest BCUT2D eigenvalue weighted by Crippen LogP contribution is -2.27. The number of hydrogen-bond donors (Lipinski definition) is 1. The molecule has 2 rings (SSSR count). The van der Waals surface area contributed by atoms with Crippen molar-refractivity contribution in [3.05, 3.63) is 34.6 Å². The van der Waals surface area contributed by atoms with Crippen LogP contribution in [0, 0.1) is 5.92 Å². The van der Waals surface area contributed by atoms with Crippen LogP contribution in [0.25, 0.3) is 0 Å². The largest absolute Gasteiger partial charge is 0.383 e. The quantitative estimate of drug-likeness (QED) is 0.504. The van der Waals surface area contributed by atoms with Gasteiger partial charge in [0.2, 0.25) is 0 Å². The number of rotatable bonds is 12. The molecule has 0 aromatic carbocycles. The summed E-state index contributed by atoms with van der Waals surface area (Å²) in [4.78, 5) is 15.7. The lowest BCUT2D eigenvalue weighted by molar-refractivity contribution is -0.167. The highest BCUT2D eigenvalue weighted by atomic mass is 31.2. The maximum Gasteiger partial charge on any atom is 0.353 e. The van der Waals surface area contributed by atoms with Crippen molar-refractivity contribution >= 4 is 13.4 Å². The summed E-state index contributed by atoms with van der Waals surface area (Å²) in [7, 11) is -3.31. The number of aromatic nitrogens is 2. The number of ether oxygens (including phenoxy) is 2. The van der Waals surface area contributed by atoms with Gasteiger partial charge >= 0.3 is 13.3 Å². The normalized spacial score (nSPS) is 18.9. The third-order valence-corrected chi connectivity index (χ3v) is 6.20. The Kier molecular flexibility index (Phi) is 10.0. The summed E-state index contributed by atoms with van der Waals surface area (Å²) in [6.45, 7) is 5.58. The predicted molar refractivity (Wildman–Crippen MR) is 111 cm³/mol. The lowest BCUT2D eigenvalue weighted by Gasteiger charge is -2.25. The van der Waals surface area contributed by atoms with Gasteiger partial charge in [-0.15, -0.1) is 0 Å². The van der Waals surface area contributed by atoms with E-state index in [1.807, 2.05) is 0 Å². The van der Waals surface area contributed by atoms with E-state index in [1.165, 1.54) is 10.4 Å². The number of nitrogen functional groups attached to an aromatic ring is 1. The molecule has 0 saturated carbocycles. The van der Waals surface area contributed by atoms with Crippen LogP contribution in [0.3, 0.4) is 0 Å². The smallest absolute Gasteiger partial charge is 0.353 e. The van der Waals surface area contributed by atoms with E-state index in [1.54, 1.807) is 32.2 Å². The van der Waals surface area contributed by atoms with E-state index in [4.69, 9.17) is 24.3 Å². The molecule has 0 amide bonds. The van der Waals surface area contributed by atoms with Gasteiger partial charge in [-0.2, -0.15) is 4.98 Å². The Labute approximate surface area is 171 Å². The third-order valence-electron chi connectivity index (χ3n) is 4.43. The van der Waals surface area contributed by atoms with Crippen molar-refractivity contribution in [3.63, 3.8) is 0 Å². The number of nitrogens with two attached hydrogens (primary N) is 1.